The van der Waals surface area contributed by atoms with Gasteiger partial charge in [0.15, 0.2) is 0 Å². The van der Waals surface area contributed by atoms with Gasteiger partial charge in [-0.15, -0.1) is 0 Å². The molecule has 2 atom stereocenters. The molecule has 0 aromatic rings. The maximum absolute atomic E-state index is 3.60. The lowest BCUT2D eigenvalue weighted by atomic mass is 9.98. The molecule has 1 aliphatic carbocycles. The smallest absolute Gasteiger partial charge is 0.0235 e. The summed E-state index contributed by atoms with van der Waals surface area (Å²) in [6.45, 7) is 6.65. The molecule has 0 aromatic heterocycles. The minimum atomic E-state index is 0.736. The number of likely N-dealkylation sites (tertiary alicyclic amines) is 2. The molecule has 0 radical (unpaired) electrons. The van der Waals surface area contributed by atoms with E-state index in [1.54, 1.807) is 0 Å². The van der Waals surface area contributed by atoms with E-state index in [1.165, 1.54) is 77.7 Å². The minimum absolute atomic E-state index is 0.736. The van der Waals surface area contributed by atoms with Crippen LogP contribution >= 0.6 is 0 Å². The van der Waals surface area contributed by atoms with Crippen LogP contribution in [-0.2, 0) is 0 Å². The second-order valence-electron chi connectivity index (χ2n) is 6.88. The topological polar surface area (TPSA) is 18.5 Å². The van der Waals surface area contributed by atoms with Crippen LogP contribution < -0.4 is 5.32 Å². The average molecular weight is 265 g/mol. The van der Waals surface area contributed by atoms with Gasteiger partial charge >= 0.3 is 0 Å². The van der Waals surface area contributed by atoms with E-state index in [0.29, 0.717) is 0 Å². The van der Waals surface area contributed by atoms with E-state index in [4.69, 9.17) is 0 Å². The highest BCUT2D eigenvalue weighted by Gasteiger charge is 2.32. The summed E-state index contributed by atoms with van der Waals surface area (Å²) in [7, 11) is 2.16. The monoisotopic (exact) mass is 265 g/mol. The second kappa shape index (κ2) is 6.55. The molecule has 3 fully saturated rings. The number of rotatable bonds is 5. The van der Waals surface area contributed by atoms with Crippen LogP contribution in [0, 0.1) is 5.92 Å². The summed E-state index contributed by atoms with van der Waals surface area (Å²) < 4.78 is 0. The fourth-order valence-electron chi connectivity index (χ4n) is 4.50. The highest BCUT2D eigenvalue weighted by atomic mass is 15.3. The maximum atomic E-state index is 3.60. The highest BCUT2D eigenvalue weighted by molar-refractivity contribution is 4.89. The second-order valence-corrected chi connectivity index (χ2v) is 6.88. The summed E-state index contributed by atoms with van der Waals surface area (Å²) in [5.41, 5.74) is 0. The fraction of sp³-hybridized carbons (Fsp3) is 1.00. The fourth-order valence-corrected chi connectivity index (χ4v) is 4.50. The van der Waals surface area contributed by atoms with E-state index in [9.17, 15) is 0 Å². The quantitative estimate of drug-likeness (QED) is 0.819. The van der Waals surface area contributed by atoms with Gasteiger partial charge in [-0.3, -0.25) is 4.90 Å². The van der Waals surface area contributed by atoms with Crippen molar-refractivity contribution in [2.75, 3.05) is 39.8 Å². The summed E-state index contributed by atoms with van der Waals surface area (Å²) in [6.07, 6.45) is 10.1. The van der Waals surface area contributed by atoms with Gasteiger partial charge < -0.3 is 10.2 Å². The van der Waals surface area contributed by atoms with Gasteiger partial charge in [0.2, 0.25) is 0 Å². The molecule has 110 valence electrons. The Hall–Kier alpha value is -0.120. The number of likely N-dealkylation sites (N-methyl/N-ethyl adjacent to an activating group) is 1. The van der Waals surface area contributed by atoms with Gasteiger partial charge in [-0.2, -0.15) is 0 Å². The standard InChI is InChI=1S/C16H31N3/c1-17-16(14-6-2-3-7-14)13-18-11-8-15(12-18)19-9-4-5-10-19/h14-17H,2-13H2,1H3. The van der Waals surface area contributed by atoms with E-state index in [1.807, 2.05) is 0 Å². The predicted molar refractivity (Wildman–Crippen MR) is 80.5 cm³/mol. The molecule has 1 saturated carbocycles. The molecule has 2 saturated heterocycles. The van der Waals surface area contributed by atoms with E-state index < -0.39 is 0 Å². The van der Waals surface area contributed by atoms with Gasteiger partial charge in [0.05, 0.1) is 0 Å². The lowest BCUT2D eigenvalue weighted by Crippen LogP contribution is -2.44. The number of hydrogen-bond donors (Lipinski definition) is 1. The van der Waals surface area contributed by atoms with Crippen molar-refractivity contribution in [1.29, 1.82) is 0 Å². The molecule has 2 heterocycles. The van der Waals surface area contributed by atoms with Crippen molar-refractivity contribution in [3.05, 3.63) is 0 Å². The maximum Gasteiger partial charge on any atom is 0.0235 e. The SMILES string of the molecule is CNC(CN1CCC(N2CCCC2)C1)C1CCCC1. The summed E-state index contributed by atoms with van der Waals surface area (Å²) in [6, 6.07) is 1.60. The Morgan fingerprint density at radius 3 is 2.42 bits per heavy atom. The highest BCUT2D eigenvalue weighted by Crippen LogP contribution is 2.29. The van der Waals surface area contributed by atoms with Gasteiger partial charge in [0, 0.05) is 25.2 Å². The minimum Gasteiger partial charge on any atom is -0.315 e. The van der Waals surface area contributed by atoms with Crippen LogP contribution in [0.15, 0.2) is 0 Å². The van der Waals surface area contributed by atoms with Crippen LogP contribution in [0.25, 0.3) is 0 Å². The first kappa shape index (κ1) is 13.8. The Labute approximate surface area is 118 Å². The number of hydrogen-bond acceptors (Lipinski definition) is 3. The van der Waals surface area contributed by atoms with E-state index in [0.717, 1.165) is 18.0 Å². The zero-order valence-electron chi connectivity index (χ0n) is 12.6. The van der Waals surface area contributed by atoms with Crippen LogP contribution in [0.4, 0.5) is 0 Å². The predicted octanol–water partition coefficient (Wildman–Crippen LogP) is 1.93. The average Bonchev–Trinajstić information content (AvgIpc) is 3.15. The zero-order chi connectivity index (χ0) is 13.1. The van der Waals surface area contributed by atoms with E-state index in [2.05, 4.69) is 22.2 Å². The van der Waals surface area contributed by atoms with Gasteiger partial charge in [-0.05, 0) is 64.7 Å². The first-order valence-corrected chi connectivity index (χ1v) is 8.50. The molecule has 2 aliphatic heterocycles. The molecule has 3 rings (SSSR count). The molecule has 3 heteroatoms. The van der Waals surface area contributed by atoms with Gasteiger partial charge in [0.25, 0.3) is 0 Å². The molecular weight excluding hydrogens is 234 g/mol. The van der Waals surface area contributed by atoms with Crippen LogP contribution in [0.5, 0.6) is 0 Å². The summed E-state index contributed by atoms with van der Waals surface area (Å²) >= 11 is 0. The van der Waals surface area contributed by atoms with Crippen LogP contribution in [0.2, 0.25) is 0 Å². The van der Waals surface area contributed by atoms with E-state index >= 15 is 0 Å². The van der Waals surface area contributed by atoms with Crippen molar-refractivity contribution in [2.45, 2.75) is 57.0 Å². The molecule has 19 heavy (non-hydrogen) atoms. The summed E-state index contributed by atoms with van der Waals surface area (Å²) in [5.74, 6) is 0.941. The van der Waals surface area contributed by atoms with Gasteiger partial charge in [-0.25, -0.2) is 0 Å². The molecule has 0 amide bonds. The largest absolute Gasteiger partial charge is 0.315 e. The summed E-state index contributed by atoms with van der Waals surface area (Å²) in [5, 5.41) is 3.60. The summed E-state index contributed by atoms with van der Waals surface area (Å²) in [4.78, 5) is 5.46. The van der Waals surface area contributed by atoms with Crippen LogP contribution in [-0.4, -0.2) is 61.7 Å². The first-order valence-electron chi connectivity index (χ1n) is 8.50. The Morgan fingerprint density at radius 1 is 1.00 bits per heavy atom. The Balaban J connectivity index is 1.47. The molecule has 0 aromatic carbocycles. The lowest BCUT2D eigenvalue weighted by Gasteiger charge is -2.29. The molecule has 1 N–H and O–H groups in total. The van der Waals surface area contributed by atoms with Crippen molar-refractivity contribution in [3.8, 4) is 0 Å². The molecule has 2 unspecified atom stereocenters. The van der Waals surface area contributed by atoms with E-state index in [-0.39, 0.29) is 0 Å². The molecular formula is C16H31N3. The molecule has 3 aliphatic rings. The third-order valence-corrected chi connectivity index (χ3v) is 5.70. The van der Waals surface area contributed by atoms with Crippen molar-refractivity contribution in [2.24, 2.45) is 5.92 Å². The van der Waals surface area contributed by atoms with Gasteiger partial charge in [0.1, 0.15) is 0 Å². The lowest BCUT2D eigenvalue weighted by molar-refractivity contribution is 0.210. The molecule has 3 nitrogen and oxygen atoms in total. The van der Waals surface area contributed by atoms with Crippen LogP contribution in [0.3, 0.4) is 0 Å². The molecule has 0 spiro atoms. The van der Waals surface area contributed by atoms with Gasteiger partial charge in [-0.1, -0.05) is 12.8 Å². The van der Waals surface area contributed by atoms with Crippen LogP contribution in [0.1, 0.15) is 44.9 Å². The van der Waals surface area contributed by atoms with Crippen molar-refractivity contribution in [3.63, 3.8) is 0 Å². The number of nitrogens with one attached hydrogen (secondary N) is 1. The Bertz CT molecular complexity index is 269. The third-order valence-electron chi connectivity index (χ3n) is 5.70. The number of nitrogens with zero attached hydrogens (tertiary/aromatic N) is 2. The zero-order valence-corrected chi connectivity index (χ0v) is 12.6. The normalized spacial score (nSPS) is 32.4. The first-order chi connectivity index (χ1) is 9.36. The van der Waals surface area contributed by atoms with Crippen molar-refractivity contribution >= 4 is 0 Å². The van der Waals surface area contributed by atoms with Crippen molar-refractivity contribution in [1.82, 2.24) is 15.1 Å². The Kier molecular flexibility index (Phi) is 4.78. The third kappa shape index (κ3) is 3.32. The molecule has 0 bridgehead atoms. The Morgan fingerprint density at radius 2 is 1.74 bits per heavy atom. The van der Waals surface area contributed by atoms with Crippen molar-refractivity contribution < 1.29 is 0 Å².